The highest BCUT2D eigenvalue weighted by Gasteiger charge is 2.21. The average molecular weight is 413 g/mol. The largest absolute Gasteiger partial charge is 0.492 e. The molecule has 0 aliphatic rings. The van der Waals surface area contributed by atoms with E-state index in [1.54, 1.807) is 30.3 Å². The number of hydrogen-bond donors (Lipinski definition) is 0. The van der Waals surface area contributed by atoms with Gasteiger partial charge >= 0.3 is 0 Å². The quantitative estimate of drug-likeness (QED) is 0.513. The summed E-state index contributed by atoms with van der Waals surface area (Å²) in [4.78, 5) is 0. The molecule has 2 aromatic rings. The van der Waals surface area contributed by atoms with Crippen molar-refractivity contribution >= 4 is 50.7 Å². The zero-order valence-electron chi connectivity index (χ0n) is 11.0. The molecule has 2 aromatic carbocycles. The Morgan fingerprint density at radius 1 is 1.19 bits per heavy atom. The van der Waals surface area contributed by atoms with Gasteiger partial charge in [0.15, 0.2) is 0 Å². The van der Waals surface area contributed by atoms with Crippen molar-refractivity contribution in [3.8, 4) is 5.75 Å². The van der Waals surface area contributed by atoms with Crippen LogP contribution in [0.2, 0.25) is 10.0 Å². The standard InChI is InChI=1S/C15H11BrCl3FO/c1-2-21-13-7-11(17)9(6-12(13)18)14(19)8-4-3-5-10(16)15(8)20/h3-7,14H,2H2,1H3. The van der Waals surface area contributed by atoms with Crippen LogP contribution < -0.4 is 4.74 Å². The van der Waals surface area contributed by atoms with E-state index in [2.05, 4.69) is 15.9 Å². The topological polar surface area (TPSA) is 9.23 Å². The molecule has 0 saturated carbocycles. The van der Waals surface area contributed by atoms with Crippen molar-refractivity contribution in [2.45, 2.75) is 12.3 Å². The summed E-state index contributed by atoms with van der Waals surface area (Å²) in [7, 11) is 0. The summed E-state index contributed by atoms with van der Waals surface area (Å²) in [6.07, 6.45) is 0. The summed E-state index contributed by atoms with van der Waals surface area (Å²) >= 11 is 21.9. The fraction of sp³-hybridized carbons (Fsp3) is 0.200. The Labute approximate surface area is 146 Å². The number of halogens is 5. The molecule has 0 bridgehead atoms. The Kier molecular flexibility index (Phi) is 5.78. The van der Waals surface area contributed by atoms with Crippen molar-refractivity contribution in [2.24, 2.45) is 0 Å². The van der Waals surface area contributed by atoms with Crippen molar-refractivity contribution in [2.75, 3.05) is 6.61 Å². The first-order valence-electron chi connectivity index (χ1n) is 6.15. The van der Waals surface area contributed by atoms with Crippen LogP contribution in [0.1, 0.15) is 23.4 Å². The molecule has 0 radical (unpaired) electrons. The van der Waals surface area contributed by atoms with Gasteiger partial charge in [0.05, 0.1) is 21.5 Å². The van der Waals surface area contributed by atoms with Crippen molar-refractivity contribution in [3.05, 3.63) is 61.8 Å². The molecule has 0 aromatic heterocycles. The van der Waals surface area contributed by atoms with Crippen LogP contribution in [0, 0.1) is 5.82 Å². The van der Waals surface area contributed by atoms with E-state index < -0.39 is 11.2 Å². The first kappa shape index (κ1) is 16.9. The van der Waals surface area contributed by atoms with Crippen molar-refractivity contribution in [3.63, 3.8) is 0 Å². The molecule has 1 nitrogen and oxygen atoms in total. The van der Waals surface area contributed by atoms with E-state index in [1.807, 2.05) is 6.92 Å². The zero-order valence-corrected chi connectivity index (χ0v) is 14.8. The molecule has 21 heavy (non-hydrogen) atoms. The third-order valence-electron chi connectivity index (χ3n) is 2.88. The van der Waals surface area contributed by atoms with Crippen LogP contribution in [-0.4, -0.2) is 6.61 Å². The number of ether oxygens (including phenoxy) is 1. The van der Waals surface area contributed by atoms with E-state index in [0.717, 1.165) is 0 Å². The minimum absolute atomic E-state index is 0.327. The molecule has 1 atom stereocenters. The lowest BCUT2D eigenvalue weighted by Crippen LogP contribution is -2.00. The minimum Gasteiger partial charge on any atom is -0.492 e. The maximum Gasteiger partial charge on any atom is 0.142 e. The van der Waals surface area contributed by atoms with Crippen LogP contribution >= 0.6 is 50.7 Å². The fourth-order valence-electron chi connectivity index (χ4n) is 1.89. The van der Waals surface area contributed by atoms with Crippen LogP contribution in [0.3, 0.4) is 0 Å². The van der Waals surface area contributed by atoms with Gasteiger partial charge in [-0.3, -0.25) is 0 Å². The Morgan fingerprint density at radius 3 is 2.57 bits per heavy atom. The molecule has 0 saturated heterocycles. The molecule has 1 unspecified atom stereocenters. The summed E-state index contributed by atoms with van der Waals surface area (Å²) in [5, 5.41) is 0.0164. The summed E-state index contributed by atoms with van der Waals surface area (Å²) in [5.41, 5.74) is 0.858. The van der Waals surface area contributed by atoms with Crippen LogP contribution in [0.15, 0.2) is 34.8 Å². The summed E-state index contributed by atoms with van der Waals surface area (Å²) in [6.45, 7) is 2.32. The monoisotopic (exact) mass is 410 g/mol. The number of alkyl halides is 1. The maximum atomic E-state index is 14.1. The van der Waals surface area contributed by atoms with Gasteiger partial charge in [-0.2, -0.15) is 0 Å². The Balaban J connectivity index is 2.46. The lowest BCUT2D eigenvalue weighted by molar-refractivity contribution is 0.340. The predicted octanol–water partition coefficient (Wildman–Crippen LogP) is 6.62. The molecule has 6 heteroatoms. The van der Waals surface area contributed by atoms with E-state index in [1.165, 1.54) is 0 Å². The lowest BCUT2D eigenvalue weighted by atomic mass is 10.0. The molecular weight excluding hydrogens is 401 g/mol. The third kappa shape index (κ3) is 3.65. The van der Waals surface area contributed by atoms with Crippen molar-refractivity contribution in [1.29, 1.82) is 0 Å². The Bertz CT molecular complexity index is 664. The normalized spacial score (nSPS) is 12.3. The lowest BCUT2D eigenvalue weighted by Gasteiger charge is -2.16. The average Bonchev–Trinajstić information content (AvgIpc) is 2.45. The van der Waals surface area contributed by atoms with Crippen LogP contribution in [0.5, 0.6) is 5.75 Å². The highest BCUT2D eigenvalue weighted by Crippen LogP contribution is 2.40. The van der Waals surface area contributed by atoms with Gasteiger partial charge in [0.25, 0.3) is 0 Å². The van der Waals surface area contributed by atoms with E-state index in [9.17, 15) is 4.39 Å². The molecule has 0 aliphatic carbocycles. The predicted molar refractivity (Wildman–Crippen MR) is 89.4 cm³/mol. The molecule has 0 fully saturated rings. The van der Waals surface area contributed by atoms with Gasteiger partial charge in [0.2, 0.25) is 0 Å². The van der Waals surface area contributed by atoms with Crippen molar-refractivity contribution < 1.29 is 9.13 Å². The molecule has 112 valence electrons. The smallest absolute Gasteiger partial charge is 0.142 e. The second kappa shape index (κ2) is 7.19. The highest BCUT2D eigenvalue weighted by atomic mass is 79.9. The van der Waals surface area contributed by atoms with Gasteiger partial charge in [0.1, 0.15) is 11.6 Å². The summed E-state index contributed by atoms with van der Waals surface area (Å²) < 4.78 is 19.8. The minimum atomic E-state index is -0.747. The fourth-order valence-corrected chi connectivity index (χ4v) is 3.16. The second-order valence-electron chi connectivity index (χ2n) is 4.24. The molecule has 0 heterocycles. The molecule has 0 spiro atoms. The first-order chi connectivity index (χ1) is 9.95. The second-order valence-corrected chi connectivity index (χ2v) is 6.35. The van der Waals surface area contributed by atoms with E-state index in [4.69, 9.17) is 39.5 Å². The van der Waals surface area contributed by atoms with Gasteiger partial charge in [0, 0.05) is 16.7 Å². The SMILES string of the molecule is CCOc1cc(Cl)c(C(Cl)c2cccc(Br)c2F)cc1Cl. The Morgan fingerprint density at radius 2 is 1.90 bits per heavy atom. The van der Waals surface area contributed by atoms with Gasteiger partial charge in [-0.05, 0) is 40.5 Å². The zero-order chi connectivity index (χ0) is 15.6. The Hall–Kier alpha value is -0.480. The third-order valence-corrected chi connectivity index (χ3v) is 4.58. The van der Waals surface area contributed by atoms with Gasteiger partial charge in [-0.15, -0.1) is 11.6 Å². The number of rotatable bonds is 4. The van der Waals surface area contributed by atoms with Crippen molar-refractivity contribution in [1.82, 2.24) is 0 Å². The summed E-state index contributed by atoms with van der Waals surface area (Å²) in [5.74, 6) is 0.0603. The maximum absolute atomic E-state index is 14.1. The number of benzene rings is 2. The van der Waals surface area contributed by atoms with E-state index in [-0.39, 0.29) is 0 Å². The highest BCUT2D eigenvalue weighted by molar-refractivity contribution is 9.10. The van der Waals surface area contributed by atoms with Gasteiger partial charge in [-0.1, -0.05) is 35.3 Å². The number of hydrogen-bond acceptors (Lipinski definition) is 1. The van der Waals surface area contributed by atoms with Gasteiger partial charge < -0.3 is 4.74 Å². The molecular formula is C15H11BrCl3FO. The van der Waals surface area contributed by atoms with Crippen LogP contribution in [0.25, 0.3) is 0 Å². The van der Waals surface area contributed by atoms with E-state index in [0.29, 0.717) is 38.0 Å². The summed E-state index contributed by atoms with van der Waals surface area (Å²) in [6, 6.07) is 8.12. The molecule has 0 N–H and O–H groups in total. The van der Waals surface area contributed by atoms with Crippen LogP contribution in [-0.2, 0) is 0 Å². The molecule has 2 rings (SSSR count). The van der Waals surface area contributed by atoms with E-state index >= 15 is 0 Å². The van der Waals surface area contributed by atoms with Gasteiger partial charge in [-0.25, -0.2) is 4.39 Å². The molecule has 0 amide bonds. The molecule has 0 aliphatic heterocycles. The first-order valence-corrected chi connectivity index (χ1v) is 8.14. The van der Waals surface area contributed by atoms with Crippen LogP contribution in [0.4, 0.5) is 4.39 Å².